The number of benzene rings is 2. The fraction of sp³-hybridized carbons (Fsp3) is 0.300. The van der Waals surface area contributed by atoms with Crippen molar-refractivity contribution in [3.8, 4) is 0 Å². The van der Waals surface area contributed by atoms with E-state index in [4.69, 9.17) is 0 Å². The zero-order valence-electron chi connectivity index (χ0n) is 15.0. The number of hydrogen-bond acceptors (Lipinski definition) is 2. The first-order valence-electron chi connectivity index (χ1n) is 8.55. The number of imidazole rings is 1. The zero-order valence-corrected chi connectivity index (χ0v) is 15.0. The second-order valence-corrected chi connectivity index (χ2v) is 6.32. The van der Waals surface area contributed by atoms with Crippen molar-refractivity contribution in [2.24, 2.45) is 7.05 Å². The number of alkyl halides is 2. The predicted octanol–water partition coefficient (Wildman–Crippen LogP) is 4.56. The molecule has 0 saturated heterocycles. The molecule has 2 aromatic carbocycles. The highest BCUT2D eigenvalue weighted by molar-refractivity contribution is 5.97. The maximum Gasteiger partial charge on any atom is 0.295 e. The van der Waals surface area contributed by atoms with Crippen molar-refractivity contribution < 1.29 is 13.6 Å². The van der Waals surface area contributed by atoms with Crippen LogP contribution in [0.25, 0.3) is 11.0 Å². The Hall–Kier alpha value is -2.76. The highest BCUT2D eigenvalue weighted by atomic mass is 19.3. The van der Waals surface area contributed by atoms with E-state index in [-0.39, 0.29) is 17.8 Å². The number of amides is 1. The lowest BCUT2D eigenvalue weighted by atomic mass is 10.0. The molecule has 0 radical (unpaired) electrons. The molecule has 26 heavy (non-hydrogen) atoms. The van der Waals surface area contributed by atoms with Crippen molar-refractivity contribution in [1.82, 2.24) is 14.9 Å². The number of aryl methyl sites for hydroxylation is 2. The van der Waals surface area contributed by atoms with Crippen molar-refractivity contribution in [3.63, 3.8) is 0 Å². The van der Waals surface area contributed by atoms with Gasteiger partial charge in [0.15, 0.2) is 5.82 Å². The lowest BCUT2D eigenvalue weighted by Crippen LogP contribution is -2.26. The van der Waals surface area contributed by atoms with Gasteiger partial charge < -0.3 is 9.88 Å². The summed E-state index contributed by atoms with van der Waals surface area (Å²) in [5.41, 5.74) is 3.60. The van der Waals surface area contributed by atoms with Crippen LogP contribution in [0.4, 0.5) is 8.78 Å². The molecule has 0 fully saturated rings. The molecule has 1 atom stereocenters. The molecule has 0 aliphatic heterocycles. The monoisotopic (exact) mass is 357 g/mol. The molecule has 3 aromatic rings. The Bertz CT molecular complexity index is 932. The Labute approximate surface area is 150 Å². The number of nitrogens with zero attached hydrogens (tertiary/aromatic N) is 2. The van der Waals surface area contributed by atoms with Gasteiger partial charge in [0, 0.05) is 12.6 Å². The third kappa shape index (κ3) is 3.45. The lowest BCUT2D eigenvalue weighted by molar-refractivity contribution is 0.0940. The molecule has 0 saturated carbocycles. The average Bonchev–Trinajstić information content (AvgIpc) is 2.98. The van der Waals surface area contributed by atoms with E-state index in [0.717, 1.165) is 12.0 Å². The van der Waals surface area contributed by atoms with Gasteiger partial charge in [-0.05, 0) is 42.7 Å². The van der Waals surface area contributed by atoms with Gasteiger partial charge in [0.25, 0.3) is 12.3 Å². The Morgan fingerprint density at radius 2 is 1.88 bits per heavy atom. The van der Waals surface area contributed by atoms with Crippen LogP contribution in [0.5, 0.6) is 0 Å². The maximum absolute atomic E-state index is 13.0. The van der Waals surface area contributed by atoms with Gasteiger partial charge in [0.1, 0.15) is 0 Å². The molecule has 1 aromatic heterocycles. The third-order valence-electron chi connectivity index (χ3n) is 4.61. The number of carbonyl (C=O) groups is 1. The van der Waals surface area contributed by atoms with Crippen LogP contribution < -0.4 is 5.32 Å². The second-order valence-electron chi connectivity index (χ2n) is 6.32. The van der Waals surface area contributed by atoms with Crippen LogP contribution in [0.2, 0.25) is 0 Å². The van der Waals surface area contributed by atoms with Crippen LogP contribution in [0.1, 0.15) is 53.6 Å². The SMILES string of the molecule is CCc1ccc([C@@H](C)NC(=O)c2ccc3c(c2)nc(C(F)F)n3C)cc1. The topological polar surface area (TPSA) is 46.9 Å². The number of fused-ring (bicyclic) bond motifs is 1. The Kier molecular flexibility index (Phi) is 5.02. The minimum atomic E-state index is -2.66. The summed E-state index contributed by atoms with van der Waals surface area (Å²) in [6, 6.07) is 12.7. The summed E-state index contributed by atoms with van der Waals surface area (Å²) in [4.78, 5) is 16.5. The molecule has 1 amide bonds. The number of rotatable bonds is 5. The number of halogens is 2. The van der Waals surface area contributed by atoms with Crippen molar-refractivity contribution in [3.05, 3.63) is 65.0 Å². The molecule has 0 unspecified atom stereocenters. The predicted molar refractivity (Wildman–Crippen MR) is 97.4 cm³/mol. The molecule has 136 valence electrons. The van der Waals surface area contributed by atoms with E-state index in [9.17, 15) is 13.6 Å². The van der Waals surface area contributed by atoms with Gasteiger partial charge in [-0.2, -0.15) is 0 Å². The fourth-order valence-corrected chi connectivity index (χ4v) is 2.96. The minimum Gasteiger partial charge on any atom is -0.346 e. The van der Waals surface area contributed by atoms with E-state index in [0.29, 0.717) is 16.6 Å². The van der Waals surface area contributed by atoms with Crippen LogP contribution in [0.15, 0.2) is 42.5 Å². The second kappa shape index (κ2) is 7.23. The van der Waals surface area contributed by atoms with Gasteiger partial charge in [0.05, 0.1) is 17.1 Å². The van der Waals surface area contributed by atoms with E-state index < -0.39 is 6.43 Å². The quantitative estimate of drug-likeness (QED) is 0.727. The third-order valence-corrected chi connectivity index (χ3v) is 4.61. The van der Waals surface area contributed by atoms with Crippen LogP contribution in [-0.4, -0.2) is 15.5 Å². The summed E-state index contributed by atoms with van der Waals surface area (Å²) in [6.07, 6.45) is -1.69. The average molecular weight is 357 g/mol. The number of hydrogen-bond donors (Lipinski definition) is 1. The first kappa shape index (κ1) is 18.0. The van der Waals surface area contributed by atoms with Gasteiger partial charge in [-0.15, -0.1) is 0 Å². The summed E-state index contributed by atoms with van der Waals surface area (Å²) in [5.74, 6) is -0.565. The van der Waals surface area contributed by atoms with Crippen molar-refractivity contribution in [1.29, 1.82) is 0 Å². The largest absolute Gasteiger partial charge is 0.346 e. The zero-order chi connectivity index (χ0) is 18.8. The molecule has 0 bridgehead atoms. The summed E-state index contributed by atoms with van der Waals surface area (Å²) < 4.78 is 27.3. The summed E-state index contributed by atoms with van der Waals surface area (Å²) in [5, 5.41) is 2.94. The van der Waals surface area contributed by atoms with Crippen molar-refractivity contribution >= 4 is 16.9 Å². The first-order chi connectivity index (χ1) is 12.4. The minimum absolute atomic E-state index is 0.163. The molecular formula is C20H21F2N3O. The Morgan fingerprint density at radius 1 is 1.19 bits per heavy atom. The number of aromatic nitrogens is 2. The molecule has 6 heteroatoms. The lowest BCUT2D eigenvalue weighted by Gasteiger charge is -2.15. The smallest absolute Gasteiger partial charge is 0.295 e. The highest BCUT2D eigenvalue weighted by Crippen LogP contribution is 2.24. The molecule has 0 aliphatic rings. The summed E-state index contributed by atoms with van der Waals surface area (Å²) in [6.45, 7) is 4.00. The van der Waals surface area contributed by atoms with Crippen LogP contribution >= 0.6 is 0 Å². The van der Waals surface area contributed by atoms with E-state index in [1.54, 1.807) is 25.2 Å². The molecule has 0 aliphatic carbocycles. The van der Waals surface area contributed by atoms with Gasteiger partial charge >= 0.3 is 0 Å². The van der Waals surface area contributed by atoms with E-state index in [1.807, 2.05) is 31.2 Å². The molecule has 4 nitrogen and oxygen atoms in total. The Morgan fingerprint density at radius 3 is 2.50 bits per heavy atom. The molecule has 1 N–H and O–H groups in total. The number of carbonyl (C=O) groups excluding carboxylic acids is 1. The Balaban J connectivity index is 1.80. The summed E-state index contributed by atoms with van der Waals surface area (Å²) >= 11 is 0. The molecule has 0 spiro atoms. The van der Waals surface area contributed by atoms with Crippen LogP contribution in [0, 0.1) is 0 Å². The standard InChI is InChI=1S/C20H21F2N3O/c1-4-13-5-7-14(8-6-13)12(2)23-20(26)15-9-10-17-16(11-15)24-19(18(21)22)25(17)3/h5-12,18H,4H2,1-3H3,(H,23,26)/t12-/m1/s1. The highest BCUT2D eigenvalue weighted by Gasteiger charge is 2.18. The normalized spacial score (nSPS) is 12.5. The van der Waals surface area contributed by atoms with Gasteiger partial charge in [0.2, 0.25) is 0 Å². The number of nitrogens with one attached hydrogen (secondary N) is 1. The van der Waals surface area contributed by atoms with Gasteiger partial charge in [-0.25, -0.2) is 13.8 Å². The van der Waals surface area contributed by atoms with Crippen molar-refractivity contribution in [2.75, 3.05) is 0 Å². The van der Waals surface area contributed by atoms with E-state index >= 15 is 0 Å². The maximum atomic E-state index is 13.0. The van der Waals surface area contributed by atoms with Crippen LogP contribution in [-0.2, 0) is 13.5 Å². The molecule has 3 rings (SSSR count). The fourth-order valence-electron chi connectivity index (χ4n) is 2.96. The van der Waals surface area contributed by atoms with Crippen LogP contribution in [0.3, 0.4) is 0 Å². The van der Waals surface area contributed by atoms with Gasteiger partial charge in [-0.1, -0.05) is 31.2 Å². The molecule has 1 heterocycles. The van der Waals surface area contributed by atoms with E-state index in [1.165, 1.54) is 10.1 Å². The van der Waals surface area contributed by atoms with Crippen molar-refractivity contribution in [2.45, 2.75) is 32.7 Å². The van der Waals surface area contributed by atoms with E-state index in [2.05, 4.69) is 17.2 Å². The summed E-state index contributed by atoms with van der Waals surface area (Å²) in [7, 11) is 1.54. The first-order valence-corrected chi connectivity index (χ1v) is 8.55. The van der Waals surface area contributed by atoms with Gasteiger partial charge in [-0.3, -0.25) is 4.79 Å². The molecular weight excluding hydrogens is 336 g/mol.